The summed E-state index contributed by atoms with van der Waals surface area (Å²) in [7, 11) is 0. The average Bonchev–Trinajstić information content (AvgIpc) is 2.50. The van der Waals surface area contributed by atoms with Crippen LogP contribution in [0.25, 0.3) is 0 Å². The molecule has 3 rings (SSSR count). The molecule has 0 bridgehead atoms. The van der Waals surface area contributed by atoms with Crippen molar-refractivity contribution in [2.75, 3.05) is 0 Å². The van der Waals surface area contributed by atoms with Crippen LogP contribution in [-0.2, 0) is 0 Å². The Balaban J connectivity index is 1.76. The molecule has 2 saturated carbocycles. The minimum absolute atomic E-state index is 0.159. The van der Waals surface area contributed by atoms with E-state index in [2.05, 4.69) is 15.9 Å². The van der Waals surface area contributed by atoms with E-state index < -0.39 is 17.7 Å². The van der Waals surface area contributed by atoms with E-state index in [1.807, 2.05) is 0 Å². The Morgan fingerprint density at radius 3 is 2.48 bits per heavy atom. The summed E-state index contributed by atoms with van der Waals surface area (Å²) in [5.74, 6) is 1.02. The smallest absolute Gasteiger partial charge is 0.137 e. The first-order valence-electron chi connectivity index (χ1n) is 7.96. The minimum Gasteiger partial charge on any atom is -0.324 e. The molecule has 1 nitrogen and oxygen atoms in total. The summed E-state index contributed by atoms with van der Waals surface area (Å²) in [5, 5.41) is 0. The van der Waals surface area contributed by atoms with Crippen LogP contribution in [0.15, 0.2) is 16.6 Å². The summed E-state index contributed by atoms with van der Waals surface area (Å²) in [6.07, 6.45) is 8.60. The van der Waals surface area contributed by atoms with E-state index >= 15 is 0 Å². The molecule has 2 aliphatic rings. The van der Waals surface area contributed by atoms with Gasteiger partial charge in [0.1, 0.15) is 11.6 Å². The van der Waals surface area contributed by atoms with Gasteiger partial charge in [-0.2, -0.15) is 0 Å². The van der Waals surface area contributed by atoms with Crippen LogP contribution in [0.1, 0.15) is 56.6 Å². The molecule has 4 heteroatoms. The van der Waals surface area contributed by atoms with Crippen LogP contribution in [0.4, 0.5) is 8.78 Å². The number of rotatable bonds is 2. The molecule has 0 saturated heterocycles. The highest BCUT2D eigenvalue weighted by molar-refractivity contribution is 9.10. The number of hydrogen-bond acceptors (Lipinski definition) is 1. The predicted octanol–water partition coefficient (Wildman–Crippen LogP) is 5.33. The fourth-order valence-electron chi connectivity index (χ4n) is 4.28. The number of fused-ring (bicyclic) bond motifs is 1. The number of benzene rings is 1. The van der Waals surface area contributed by atoms with Crippen molar-refractivity contribution in [3.05, 3.63) is 33.8 Å². The van der Waals surface area contributed by atoms with E-state index in [9.17, 15) is 8.78 Å². The molecule has 4 unspecified atom stereocenters. The topological polar surface area (TPSA) is 26.0 Å². The Hall–Kier alpha value is -0.480. The van der Waals surface area contributed by atoms with Gasteiger partial charge in [-0.15, -0.1) is 0 Å². The molecule has 2 aliphatic carbocycles. The Kier molecular flexibility index (Phi) is 4.65. The first-order valence-corrected chi connectivity index (χ1v) is 8.75. The molecule has 0 aliphatic heterocycles. The molecule has 2 fully saturated rings. The maximum absolute atomic E-state index is 14.1. The van der Waals surface area contributed by atoms with Crippen LogP contribution in [-0.4, -0.2) is 0 Å². The van der Waals surface area contributed by atoms with Crippen molar-refractivity contribution >= 4 is 15.9 Å². The normalized spacial score (nSPS) is 30.8. The van der Waals surface area contributed by atoms with Crippen LogP contribution < -0.4 is 5.73 Å². The van der Waals surface area contributed by atoms with E-state index in [1.54, 1.807) is 0 Å². The number of halogens is 3. The van der Waals surface area contributed by atoms with E-state index in [0.29, 0.717) is 5.56 Å². The summed E-state index contributed by atoms with van der Waals surface area (Å²) >= 11 is 3.02. The first-order chi connectivity index (χ1) is 10.1. The summed E-state index contributed by atoms with van der Waals surface area (Å²) in [6, 6.07) is 2.06. The second-order valence-corrected chi connectivity index (χ2v) is 7.55. The molecule has 0 radical (unpaired) electrons. The van der Waals surface area contributed by atoms with Gasteiger partial charge in [0.15, 0.2) is 0 Å². The third kappa shape index (κ3) is 3.16. The van der Waals surface area contributed by atoms with Crippen LogP contribution in [0.3, 0.4) is 0 Å². The number of hydrogen-bond donors (Lipinski definition) is 1. The van der Waals surface area contributed by atoms with Gasteiger partial charge in [-0.1, -0.05) is 25.7 Å². The van der Waals surface area contributed by atoms with Gasteiger partial charge in [0.2, 0.25) is 0 Å². The standard InChI is InChI=1S/C17H22BrF2N/c18-14-9-15(19)13(8-16(14)20)17(21)12-6-5-10-3-1-2-4-11(10)7-12/h8-12,17H,1-7,21H2. The molecule has 1 aromatic rings. The fourth-order valence-corrected chi connectivity index (χ4v) is 4.60. The van der Waals surface area contributed by atoms with Gasteiger partial charge in [0.05, 0.1) is 4.47 Å². The van der Waals surface area contributed by atoms with Crippen LogP contribution in [0, 0.1) is 29.4 Å². The molecule has 0 spiro atoms. The lowest BCUT2D eigenvalue weighted by molar-refractivity contribution is 0.116. The van der Waals surface area contributed by atoms with E-state index in [4.69, 9.17) is 5.73 Å². The summed E-state index contributed by atoms with van der Waals surface area (Å²) in [4.78, 5) is 0. The van der Waals surface area contributed by atoms with Gasteiger partial charge in [-0.25, -0.2) is 8.78 Å². The Bertz CT molecular complexity index is 520. The van der Waals surface area contributed by atoms with Crippen molar-refractivity contribution in [3.63, 3.8) is 0 Å². The first kappa shape index (κ1) is 15.4. The summed E-state index contributed by atoms with van der Waals surface area (Å²) < 4.78 is 27.9. The lowest BCUT2D eigenvalue weighted by Crippen LogP contribution is -2.33. The van der Waals surface area contributed by atoms with Gasteiger partial charge in [0, 0.05) is 11.6 Å². The predicted molar refractivity (Wildman–Crippen MR) is 83.8 cm³/mol. The molecule has 4 atom stereocenters. The summed E-state index contributed by atoms with van der Waals surface area (Å²) in [5.41, 5.74) is 6.62. The zero-order valence-corrected chi connectivity index (χ0v) is 13.7. The van der Waals surface area contributed by atoms with Gasteiger partial charge in [-0.3, -0.25) is 0 Å². The van der Waals surface area contributed by atoms with Crippen LogP contribution >= 0.6 is 15.9 Å². The molecule has 1 aromatic carbocycles. The Morgan fingerprint density at radius 1 is 1.00 bits per heavy atom. The molecular formula is C17H22BrF2N. The molecule has 0 amide bonds. The molecule has 0 aromatic heterocycles. The van der Waals surface area contributed by atoms with Crippen molar-refractivity contribution in [3.8, 4) is 0 Å². The SMILES string of the molecule is NC(c1cc(F)c(Br)cc1F)C1CCC2CCCCC2C1. The lowest BCUT2D eigenvalue weighted by Gasteiger charge is -2.41. The quantitative estimate of drug-likeness (QED) is 0.710. The minimum atomic E-state index is -0.437. The average molecular weight is 358 g/mol. The Labute approximate surface area is 133 Å². The maximum Gasteiger partial charge on any atom is 0.137 e. The molecule has 0 heterocycles. The zero-order chi connectivity index (χ0) is 15.0. The van der Waals surface area contributed by atoms with Crippen molar-refractivity contribution in [1.29, 1.82) is 0 Å². The highest BCUT2D eigenvalue weighted by atomic mass is 79.9. The third-order valence-corrected chi connectivity index (χ3v) is 6.09. The second-order valence-electron chi connectivity index (χ2n) is 6.69. The van der Waals surface area contributed by atoms with Crippen LogP contribution in [0.5, 0.6) is 0 Å². The fraction of sp³-hybridized carbons (Fsp3) is 0.647. The molecule has 21 heavy (non-hydrogen) atoms. The molecule has 116 valence electrons. The van der Waals surface area contributed by atoms with E-state index in [1.165, 1.54) is 44.2 Å². The largest absolute Gasteiger partial charge is 0.324 e. The molecular weight excluding hydrogens is 336 g/mol. The summed E-state index contributed by atoms with van der Waals surface area (Å²) in [6.45, 7) is 0. The second kappa shape index (κ2) is 6.33. The zero-order valence-electron chi connectivity index (χ0n) is 12.1. The van der Waals surface area contributed by atoms with Crippen LogP contribution in [0.2, 0.25) is 0 Å². The lowest BCUT2D eigenvalue weighted by atomic mass is 9.65. The Morgan fingerprint density at radius 2 is 1.71 bits per heavy atom. The van der Waals surface area contributed by atoms with Crippen molar-refractivity contribution in [1.82, 2.24) is 0 Å². The van der Waals surface area contributed by atoms with Gasteiger partial charge < -0.3 is 5.73 Å². The van der Waals surface area contributed by atoms with Crippen molar-refractivity contribution in [2.24, 2.45) is 23.5 Å². The van der Waals surface area contributed by atoms with Gasteiger partial charge >= 0.3 is 0 Å². The monoisotopic (exact) mass is 357 g/mol. The van der Waals surface area contributed by atoms with Gasteiger partial charge in [-0.05, 0) is 65.1 Å². The highest BCUT2D eigenvalue weighted by Gasteiger charge is 2.35. The van der Waals surface area contributed by atoms with E-state index in [0.717, 1.165) is 24.7 Å². The number of nitrogens with two attached hydrogens (primary N) is 1. The van der Waals surface area contributed by atoms with E-state index in [-0.39, 0.29) is 10.4 Å². The van der Waals surface area contributed by atoms with Gasteiger partial charge in [0.25, 0.3) is 0 Å². The third-order valence-electron chi connectivity index (χ3n) is 5.49. The van der Waals surface area contributed by atoms with Crippen molar-refractivity contribution in [2.45, 2.75) is 51.0 Å². The highest BCUT2D eigenvalue weighted by Crippen LogP contribution is 2.46. The maximum atomic E-state index is 14.1. The van der Waals surface area contributed by atoms with Crippen molar-refractivity contribution < 1.29 is 8.78 Å². The molecule has 2 N–H and O–H groups in total.